The maximum Gasteiger partial charge on any atom is 0.124 e. The van der Waals surface area contributed by atoms with Crippen LogP contribution in [-0.2, 0) is 0 Å². The molecule has 3 heteroatoms. The van der Waals surface area contributed by atoms with Gasteiger partial charge in [0.2, 0.25) is 0 Å². The molecule has 3 nitrogen and oxygen atoms in total. The van der Waals surface area contributed by atoms with Crippen LogP contribution in [0, 0.1) is 0 Å². The van der Waals surface area contributed by atoms with Crippen molar-refractivity contribution in [3.63, 3.8) is 0 Å². The Bertz CT molecular complexity index is 314. The van der Waals surface area contributed by atoms with Crippen LogP contribution in [0.3, 0.4) is 0 Å². The average Bonchev–Trinajstić information content (AvgIpc) is 2.27. The van der Waals surface area contributed by atoms with Crippen molar-refractivity contribution in [3.05, 3.63) is 29.8 Å². The van der Waals surface area contributed by atoms with Gasteiger partial charge in [-0.1, -0.05) is 18.2 Å². The van der Waals surface area contributed by atoms with Gasteiger partial charge in [0, 0.05) is 18.0 Å². The van der Waals surface area contributed by atoms with Crippen molar-refractivity contribution in [1.82, 2.24) is 5.32 Å². The van der Waals surface area contributed by atoms with Gasteiger partial charge in [-0.05, 0) is 13.1 Å². The Balaban J connectivity index is 2.31. The zero-order chi connectivity index (χ0) is 9.97. The maximum absolute atomic E-state index is 9.08. The van der Waals surface area contributed by atoms with Gasteiger partial charge < -0.3 is 15.2 Å². The lowest BCUT2D eigenvalue weighted by molar-refractivity contribution is 0.0846. The first-order chi connectivity index (χ1) is 6.85. The fourth-order valence-corrected chi connectivity index (χ4v) is 1.88. The van der Waals surface area contributed by atoms with Crippen molar-refractivity contribution in [2.75, 3.05) is 13.7 Å². The summed E-state index contributed by atoms with van der Waals surface area (Å²) in [5.41, 5.74) is 1.18. The molecule has 1 aliphatic rings. The molecule has 0 saturated heterocycles. The van der Waals surface area contributed by atoms with Crippen LogP contribution in [0.2, 0.25) is 0 Å². The molecule has 14 heavy (non-hydrogen) atoms. The molecule has 1 aliphatic heterocycles. The monoisotopic (exact) mass is 193 g/mol. The molecule has 2 unspecified atom stereocenters. The highest BCUT2D eigenvalue weighted by Crippen LogP contribution is 2.33. The van der Waals surface area contributed by atoms with Gasteiger partial charge >= 0.3 is 0 Å². The van der Waals surface area contributed by atoms with Crippen LogP contribution in [0.25, 0.3) is 0 Å². The second-order valence-corrected chi connectivity index (χ2v) is 3.54. The SMILES string of the molecule is CNC1CC(CO)Oc2ccccc21. The Hall–Kier alpha value is -1.06. The van der Waals surface area contributed by atoms with Crippen molar-refractivity contribution in [2.45, 2.75) is 18.6 Å². The van der Waals surface area contributed by atoms with E-state index in [2.05, 4.69) is 11.4 Å². The minimum absolute atomic E-state index is 0.0759. The molecule has 0 radical (unpaired) electrons. The summed E-state index contributed by atoms with van der Waals surface area (Å²) in [7, 11) is 1.93. The summed E-state index contributed by atoms with van der Waals surface area (Å²) < 4.78 is 5.62. The van der Waals surface area contributed by atoms with Crippen LogP contribution < -0.4 is 10.1 Å². The first kappa shape index (κ1) is 9.49. The number of aliphatic hydroxyl groups excluding tert-OH is 1. The van der Waals surface area contributed by atoms with Crippen molar-refractivity contribution < 1.29 is 9.84 Å². The van der Waals surface area contributed by atoms with Crippen molar-refractivity contribution >= 4 is 0 Å². The van der Waals surface area contributed by atoms with Crippen LogP contribution in [0.1, 0.15) is 18.0 Å². The van der Waals surface area contributed by atoms with E-state index in [1.807, 2.05) is 25.2 Å². The highest BCUT2D eigenvalue weighted by molar-refractivity contribution is 5.37. The molecular formula is C11H15NO2. The van der Waals surface area contributed by atoms with Gasteiger partial charge in [-0.15, -0.1) is 0 Å². The van der Waals surface area contributed by atoms with E-state index in [1.54, 1.807) is 0 Å². The number of para-hydroxylation sites is 1. The molecule has 1 aromatic rings. The van der Waals surface area contributed by atoms with Crippen LogP contribution in [-0.4, -0.2) is 24.9 Å². The summed E-state index contributed by atoms with van der Waals surface area (Å²) in [5.74, 6) is 0.886. The third-order valence-electron chi connectivity index (χ3n) is 2.64. The Morgan fingerprint density at radius 3 is 3.00 bits per heavy atom. The third kappa shape index (κ3) is 1.61. The predicted molar refractivity (Wildman–Crippen MR) is 54.4 cm³/mol. The smallest absolute Gasteiger partial charge is 0.124 e. The molecule has 0 saturated carbocycles. The van der Waals surface area contributed by atoms with E-state index in [-0.39, 0.29) is 18.8 Å². The number of nitrogens with one attached hydrogen (secondary N) is 1. The van der Waals surface area contributed by atoms with E-state index in [0.29, 0.717) is 0 Å². The molecule has 0 fully saturated rings. The lowest BCUT2D eigenvalue weighted by atomic mass is 9.97. The highest BCUT2D eigenvalue weighted by atomic mass is 16.5. The van der Waals surface area contributed by atoms with Crippen LogP contribution in [0.5, 0.6) is 5.75 Å². The topological polar surface area (TPSA) is 41.5 Å². The molecule has 0 bridgehead atoms. The summed E-state index contributed by atoms with van der Waals surface area (Å²) in [6.45, 7) is 0.0759. The number of benzene rings is 1. The van der Waals surface area contributed by atoms with Gasteiger partial charge in [0.1, 0.15) is 11.9 Å². The van der Waals surface area contributed by atoms with Gasteiger partial charge in [0.25, 0.3) is 0 Å². The van der Waals surface area contributed by atoms with E-state index in [9.17, 15) is 0 Å². The predicted octanol–water partition coefficient (Wildman–Crippen LogP) is 1.09. The van der Waals surface area contributed by atoms with Gasteiger partial charge in [0.15, 0.2) is 0 Å². The third-order valence-corrected chi connectivity index (χ3v) is 2.64. The van der Waals surface area contributed by atoms with Gasteiger partial charge in [-0.2, -0.15) is 0 Å². The Labute approximate surface area is 83.7 Å². The molecule has 0 aromatic heterocycles. The van der Waals surface area contributed by atoms with E-state index in [0.717, 1.165) is 12.2 Å². The lowest BCUT2D eigenvalue weighted by Crippen LogP contribution is -2.33. The summed E-state index contributed by atoms with van der Waals surface area (Å²) in [5, 5.41) is 12.3. The minimum Gasteiger partial charge on any atom is -0.488 e. The molecule has 1 heterocycles. The molecule has 0 amide bonds. The minimum atomic E-state index is -0.0812. The first-order valence-corrected chi connectivity index (χ1v) is 4.89. The zero-order valence-corrected chi connectivity index (χ0v) is 8.23. The second-order valence-electron chi connectivity index (χ2n) is 3.54. The summed E-state index contributed by atoms with van der Waals surface area (Å²) in [4.78, 5) is 0. The van der Waals surface area contributed by atoms with Crippen molar-refractivity contribution in [1.29, 1.82) is 0 Å². The summed E-state index contributed by atoms with van der Waals surface area (Å²) in [6.07, 6.45) is 0.742. The van der Waals surface area contributed by atoms with Crippen molar-refractivity contribution in [3.8, 4) is 5.75 Å². The fraction of sp³-hybridized carbons (Fsp3) is 0.455. The Morgan fingerprint density at radius 2 is 2.29 bits per heavy atom. The normalized spacial score (nSPS) is 25.3. The second kappa shape index (κ2) is 3.98. The van der Waals surface area contributed by atoms with Crippen LogP contribution in [0.15, 0.2) is 24.3 Å². The van der Waals surface area contributed by atoms with E-state index >= 15 is 0 Å². The van der Waals surface area contributed by atoms with Gasteiger partial charge in [-0.25, -0.2) is 0 Å². The van der Waals surface area contributed by atoms with Crippen LogP contribution in [0.4, 0.5) is 0 Å². The average molecular weight is 193 g/mol. The first-order valence-electron chi connectivity index (χ1n) is 4.89. The van der Waals surface area contributed by atoms with E-state index in [4.69, 9.17) is 9.84 Å². The molecule has 0 aliphatic carbocycles. The van der Waals surface area contributed by atoms with Crippen molar-refractivity contribution in [2.24, 2.45) is 0 Å². The maximum atomic E-state index is 9.08. The lowest BCUT2D eigenvalue weighted by Gasteiger charge is -2.31. The summed E-state index contributed by atoms with van der Waals surface area (Å²) in [6, 6.07) is 8.25. The number of hydrogen-bond donors (Lipinski definition) is 2. The molecule has 2 N–H and O–H groups in total. The molecule has 1 aromatic carbocycles. The Morgan fingerprint density at radius 1 is 1.50 bits per heavy atom. The molecule has 2 rings (SSSR count). The number of ether oxygens (including phenoxy) is 1. The highest BCUT2D eigenvalue weighted by Gasteiger charge is 2.26. The molecular weight excluding hydrogens is 178 g/mol. The largest absolute Gasteiger partial charge is 0.488 e. The van der Waals surface area contributed by atoms with E-state index < -0.39 is 0 Å². The molecule has 2 atom stereocenters. The number of fused-ring (bicyclic) bond motifs is 1. The van der Waals surface area contributed by atoms with E-state index in [1.165, 1.54) is 5.56 Å². The fourth-order valence-electron chi connectivity index (χ4n) is 1.88. The molecule has 0 spiro atoms. The van der Waals surface area contributed by atoms with Gasteiger partial charge in [-0.3, -0.25) is 0 Å². The summed E-state index contributed by atoms with van der Waals surface area (Å²) >= 11 is 0. The molecule has 76 valence electrons. The quantitative estimate of drug-likeness (QED) is 0.738. The Kier molecular flexibility index (Phi) is 2.70. The zero-order valence-electron chi connectivity index (χ0n) is 8.23. The number of aliphatic hydroxyl groups is 1. The number of hydrogen-bond acceptors (Lipinski definition) is 3. The van der Waals surface area contributed by atoms with Crippen LogP contribution >= 0.6 is 0 Å². The standard InChI is InChI=1S/C11H15NO2/c1-12-10-6-8(7-13)14-11-5-3-2-4-9(10)11/h2-5,8,10,12-13H,6-7H2,1H3. The number of rotatable bonds is 2. The van der Waals surface area contributed by atoms with Gasteiger partial charge in [0.05, 0.1) is 6.61 Å².